The number of aliphatic hydroxyl groups is 1. The van der Waals surface area contributed by atoms with Crippen molar-refractivity contribution in [2.75, 3.05) is 12.0 Å². The van der Waals surface area contributed by atoms with Gasteiger partial charge in [-0.25, -0.2) is 0 Å². The van der Waals surface area contributed by atoms with Gasteiger partial charge in [-0.2, -0.15) is 11.8 Å². The maximum atomic E-state index is 11.6. The van der Waals surface area contributed by atoms with Crippen molar-refractivity contribution in [3.63, 3.8) is 0 Å². The SMILES string of the molecule is CSCCC(O)C(=O)NCc1cnc(C)cc1C. The Balaban J connectivity index is 2.47. The van der Waals surface area contributed by atoms with Crippen molar-refractivity contribution in [2.45, 2.75) is 32.9 Å². The normalized spacial score (nSPS) is 12.2. The lowest BCUT2D eigenvalue weighted by Gasteiger charge is -2.12. The third-order valence-electron chi connectivity index (χ3n) is 2.71. The molecule has 1 rings (SSSR count). The number of carbonyl (C=O) groups excluding carboxylic acids is 1. The fourth-order valence-electron chi connectivity index (χ4n) is 1.57. The molecule has 0 radical (unpaired) electrons. The van der Waals surface area contributed by atoms with Gasteiger partial charge in [0, 0.05) is 18.4 Å². The number of nitrogens with one attached hydrogen (secondary N) is 1. The number of hydrogen-bond acceptors (Lipinski definition) is 4. The van der Waals surface area contributed by atoms with Gasteiger partial charge in [0.05, 0.1) is 0 Å². The van der Waals surface area contributed by atoms with Gasteiger partial charge >= 0.3 is 0 Å². The van der Waals surface area contributed by atoms with Crippen molar-refractivity contribution >= 4 is 17.7 Å². The van der Waals surface area contributed by atoms with E-state index >= 15 is 0 Å². The van der Waals surface area contributed by atoms with Crippen molar-refractivity contribution in [1.82, 2.24) is 10.3 Å². The first-order valence-corrected chi connectivity index (χ1v) is 7.30. The van der Waals surface area contributed by atoms with E-state index in [1.807, 2.05) is 26.2 Å². The molecule has 18 heavy (non-hydrogen) atoms. The minimum atomic E-state index is -0.920. The molecule has 0 aliphatic carbocycles. The summed E-state index contributed by atoms with van der Waals surface area (Å²) in [6, 6.07) is 1.98. The van der Waals surface area contributed by atoms with E-state index in [4.69, 9.17) is 0 Å². The van der Waals surface area contributed by atoms with E-state index in [-0.39, 0.29) is 5.91 Å². The highest BCUT2D eigenvalue weighted by Crippen LogP contribution is 2.07. The Labute approximate surface area is 112 Å². The lowest BCUT2D eigenvalue weighted by molar-refractivity contribution is -0.129. The Kier molecular flexibility index (Phi) is 6.15. The largest absolute Gasteiger partial charge is 0.383 e. The van der Waals surface area contributed by atoms with Crippen LogP contribution in [0, 0.1) is 13.8 Å². The lowest BCUT2D eigenvalue weighted by Crippen LogP contribution is -2.34. The predicted molar refractivity (Wildman–Crippen MR) is 74.6 cm³/mol. The van der Waals surface area contributed by atoms with Gasteiger partial charge in [0.2, 0.25) is 5.91 Å². The molecule has 4 nitrogen and oxygen atoms in total. The van der Waals surface area contributed by atoms with Crippen molar-refractivity contribution in [3.8, 4) is 0 Å². The molecule has 0 aliphatic heterocycles. The summed E-state index contributed by atoms with van der Waals surface area (Å²) < 4.78 is 0. The first-order valence-electron chi connectivity index (χ1n) is 5.91. The minimum Gasteiger partial charge on any atom is -0.383 e. The van der Waals surface area contributed by atoms with Gasteiger partial charge in [-0.3, -0.25) is 9.78 Å². The zero-order valence-corrected chi connectivity index (χ0v) is 11.9. The maximum Gasteiger partial charge on any atom is 0.249 e. The van der Waals surface area contributed by atoms with E-state index in [2.05, 4.69) is 10.3 Å². The number of amides is 1. The molecule has 0 saturated carbocycles. The van der Waals surface area contributed by atoms with Crippen LogP contribution in [0.25, 0.3) is 0 Å². The molecule has 1 amide bonds. The zero-order chi connectivity index (χ0) is 13.5. The highest BCUT2D eigenvalue weighted by atomic mass is 32.2. The number of carbonyl (C=O) groups is 1. The Bertz CT molecular complexity index is 410. The summed E-state index contributed by atoms with van der Waals surface area (Å²) in [4.78, 5) is 15.8. The Morgan fingerprint density at radius 3 is 2.89 bits per heavy atom. The third-order valence-corrected chi connectivity index (χ3v) is 3.35. The van der Waals surface area contributed by atoms with Gasteiger partial charge < -0.3 is 10.4 Å². The van der Waals surface area contributed by atoms with Crippen LogP contribution in [0.2, 0.25) is 0 Å². The van der Waals surface area contributed by atoms with Gasteiger partial charge in [-0.15, -0.1) is 0 Å². The molecule has 0 aromatic carbocycles. The number of thioether (sulfide) groups is 1. The van der Waals surface area contributed by atoms with Crippen molar-refractivity contribution in [1.29, 1.82) is 0 Å². The summed E-state index contributed by atoms with van der Waals surface area (Å²) in [5.74, 6) is 0.462. The highest BCUT2D eigenvalue weighted by molar-refractivity contribution is 7.98. The Morgan fingerprint density at radius 2 is 2.28 bits per heavy atom. The van der Waals surface area contributed by atoms with Gasteiger partial charge in [-0.05, 0) is 49.5 Å². The molecule has 0 saturated heterocycles. The molecule has 1 aromatic heterocycles. The molecule has 1 unspecified atom stereocenters. The molecule has 5 heteroatoms. The summed E-state index contributed by atoms with van der Waals surface area (Å²) in [7, 11) is 0. The number of aromatic nitrogens is 1. The van der Waals surface area contributed by atoms with Gasteiger partial charge in [0.1, 0.15) is 6.10 Å². The highest BCUT2D eigenvalue weighted by Gasteiger charge is 2.14. The number of nitrogens with zero attached hydrogens (tertiary/aromatic N) is 1. The van der Waals surface area contributed by atoms with Crippen molar-refractivity contribution < 1.29 is 9.90 Å². The number of rotatable bonds is 6. The van der Waals surface area contributed by atoms with Crippen LogP contribution in [-0.2, 0) is 11.3 Å². The average molecular weight is 268 g/mol. The standard InChI is InChI=1S/C13H20N2O2S/c1-9-6-10(2)14-7-11(9)8-15-13(17)12(16)4-5-18-3/h6-7,12,16H,4-5,8H2,1-3H3,(H,15,17). The van der Waals surface area contributed by atoms with Crippen LogP contribution in [0.4, 0.5) is 0 Å². The van der Waals surface area contributed by atoms with Crippen LogP contribution in [0.3, 0.4) is 0 Å². The molecular formula is C13H20N2O2S. The Morgan fingerprint density at radius 1 is 1.56 bits per heavy atom. The van der Waals surface area contributed by atoms with Crippen molar-refractivity contribution in [3.05, 3.63) is 29.1 Å². The van der Waals surface area contributed by atoms with Gasteiger partial charge in [0.25, 0.3) is 0 Å². The number of aliphatic hydroxyl groups excluding tert-OH is 1. The molecule has 2 N–H and O–H groups in total. The quantitative estimate of drug-likeness (QED) is 0.819. The summed E-state index contributed by atoms with van der Waals surface area (Å²) >= 11 is 1.62. The van der Waals surface area contributed by atoms with E-state index in [0.29, 0.717) is 13.0 Å². The van der Waals surface area contributed by atoms with E-state index in [1.165, 1.54) is 0 Å². The van der Waals surface area contributed by atoms with E-state index in [1.54, 1.807) is 18.0 Å². The van der Waals surface area contributed by atoms with E-state index in [9.17, 15) is 9.90 Å². The fraction of sp³-hybridized carbons (Fsp3) is 0.538. The third kappa shape index (κ3) is 4.66. The molecule has 1 atom stereocenters. The van der Waals surface area contributed by atoms with E-state index in [0.717, 1.165) is 22.6 Å². The van der Waals surface area contributed by atoms with E-state index < -0.39 is 6.10 Å². The first-order chi connectivity index (χ1) is 8.54. The summed E-state index contributed by atoms with van der Waals surface area (Å²) in [6.45, 7) is 4.33. The first kappa shape index (κ1) is 15.0. The van der Waals surface area contributed by atoms with Gasteiger partial charge in [-0.1, -0.05) is 0 Å². The number of hydrogen-bond donors (Lipinski definition) is 2. The number of pyridine rings is 1. The predicted octanol–water partition coefficient (Wildman–Crippen LogP) is 1.43. The molecule has 0 bridgehead atoms. The van der Waals surface area contributed by atoms with Crippen molar-refractivity contribution in [2.24, 2.45) is 0 Å². The Hall–Kier alpha value is -1.07. The van der Waals surface area contributed by atoms with Crippen LogP contribution < -0.4 is 5.32 Å². The average Bonchev–Trinajstić information content (AvgIpc) is 2.34. The maximum absolute atomic E-state index is 11.6. The van der Waals surface area contributed by atoms with Crippen LogP contribution in [0.5, 0.6) is 0 Å². The summed E-state index contributed by atoms with van der Waals surface area (Å²) in [6.07, 6.45) is 3.28. The smallest absolute Gasteiger partial charge is 0.249 e. The van der Waals surface area contributed by atoms with Crippen LogP contribution in [0.15, 0.2) is 12.3 Å². The second-order valence-electron chi connectivity index (χ2n) is 4.27. The molecular weight excluding hydrogens is 248 g/mol. The van der Waals surface area contributed by atoms with Crippen LogP contribution in [-0.4, -0.2) is 34.1 Å². The van der Waals surface area contributed by atoms with Crippen LogP contribution in [0.1, 0.15) is 23.2 Å². The molecule has 100 valence electrons. The lowest BCUT2D eigenvalue weighted by atomic mass is 10.1. The molecule has 1 heterocycles. The summed E-state index contributed by atoms with van der Waals surface area (Å²) in [5, 5.41) is 12.3. The summed E-state index contributed by atoms with van der Waals surface area (Å²) in [5.41, 5.74) is 3.04. The molecule has 0 fully saturated rings. The minimum absolute atomic E-state index is 0.316. The topological polar surface area (TPSA) is 62.2 Å². The van der Waals surface area contributed by atoms with Gasteiger partial charge in [0.15, 0.2) is 0 Å². The second kappa shape index (κ2) is 7.38. The zero-order valence-electron chi connectivity index (χ0n) is 11.1. The number of aryl methyl sites for hydroxylation is 2. The second-order valence-corrected chi connectivity index (χ2v) is 5.25. The molecule has 0 spiro atoms. The molecule has 0 aliphatic rings. The van der Waals surface area contributed by atoms with Crippen LogP contribution >= 0.6 is 11.8 Å². The fourth-order valence-corrected chi connectivity index (χ4v) is 2.03. The molecule has 1 aromatic rings. The monoisotopic (exact) mass is 268 g/mol.